The molecule has 2 N–H and O–H groups in total. The van der Waals surface area contributed by atoms with Crippen LogP contribution >= 0.6 is 22.9 Å². The summed E-state index contributed by atoms with van der Waals surface area (Å²) in [4.78, 5) is 36.6. The quantitative estimate of drug-likeness (QED) is 0.505. The molecule has 0 aromatic carbocycles. The van der Waals surface area contributed by atoms with Gasteiger partial charge in [0.1, 0.15) is 21.8 Å². The number of aromatic carboxylic acids is 1. The number of thiophene rings is 1. The third-order valence-electron chi connectivity index (χ3n) is 2.40. The summed E-state index contributed by atoms with van der Waals surface area (Å²) < 4.78 is 0. The summed E-state index contributed by atoms with van der Waals surface area (Å²) in [5.41, 5.74) is -0.772. The highest BCUT2D eigenvalue weighted by Crippen LogP contribution is 2.25. The summed E-state index contributed by atoms with van der Waals surface area (Å²) in [7, 11) is 0. The van der Waals surface area contributed by atoms with Gasteiger partial charge in [-0.2, -0.15) is 0 Å². The van der Waals surface area contributed by atoms with Gasteiger partial charge in [-0.15, -0.1) is 11.3 Å². The Morgan fingerprint density at radius 3 is 2.81 bits per heavy atom. The maximum absolute atomic E-state index is 12.1. The molecule has 0 unspecified atom stereocenters. The molecule has 0 saturated carbocycles. The van der Waals surface area contributed by atoms with Gasteiger partial charge >= 0.3 is 5.97 Å². The van der Waals surface area contributed by atoms with Crippen molar-refractivity contribution in [2.24, 2.45) is 0 Å². The molecule has 0 fully saturated rings. The van der Waals surface area contributed by atoms with E-state index in [2.05, 4.69) is 10.3 Å². The molecular weight excluding hydrogens is 322 g/mol. The number of nitro groups is 1. The number of nitrogens with one attached hydrogen (secondary N) is 1. The number of carboxylic acids is 1. The molecule has 0 spiro atoms. The van der Waals surface area contributed by atoms with Gasteiger partial charge in [0.2, 0.25) is 0 Å². The Bertz CT molecular complexity index is 745. The Kier molecular flexibility index (Phi) is 4.15. The van der Waals surface area contributed by atoms with Gasteiger partial charge in [0, 0.05) is 0 Å². The number of pyridine rings is 1. The second-order valence-electron chi connectivity index (χ2n) is 3.70. The van der Waals surface area contributed by atoms with Crippen molar-refractivity contribution in [2.45, 2.75) is 0 Å². The van der Waals surface area contributed by atoms with E-state index in [9.17, 15) is 19.7 Å². The average molecular weight is 328 g/mol. The van der Waals surface area contributed by atoms with E-state index in [1.165, 1.54) is 11.4 Å². The Labute approximate surface area is 126 Å². The van der Waals surface area contributed by atoms with E-state index < -0.39 is 22.5 Å². The number of aromatic nitrogens is 1. The van der Waals surface area contributed by atoms with Crippen molar-refractivity contribution >= 4 is 46.2 Å². The Morgan fingerprint density at radius 1 is 1.48 bits per heavy atom. The topological polar surface area (TPSA) is 122 Å². The second kappa shape index (κ2) is 5.85. The van der Waals surface area contributed by atoms with Crippen LogP contribution in [0.1, 0.15) is 20.0 Å². The van der Waals surface area contributed by atoms with Crippen LogP contribution in [0.4, 0.5) is 11.4 Å². The van der Waals surface area contributed by atoms with E-state index in [-0.39, 0.29) is 21.3 Å². The van der Waals surface area contributed by atoms with Crippen molar-refractivity contribution in [3.05, 3.63) is 49.4 Å². The van der Waals surface area contributed by atoms with Crippen LogP contribution in [0.3, 0.4) is 0 Å². The Morgan fingerprint density at radius 2 is 2.19 bits per heavy atom. The van der Waals surface area contributed by atoms with Crippen LogP contribution in [-0.2, 0) is 0 Å². The molecule has 2 heterocycles. The molecule has 2 aromatic rings. The molecule has 0 bridgehead atoms. The minimum atomic E-state index is -1.21. The molecule has 0 radical (unpaired) electrons. The Hall–Kier alpha value is -2.52. The lowest BCUT2D eigenvalue weighted by Gasteiger charge is -2.05. The van der Waals surface area contributed by atoms with Crippen molar-refractivity contribution < 1.29 is 19.6 Å². The number of anilines is 1. The molecule has 2 rings (SSSR count). The van der Waals surface area contributed by atoms with Gasteiger partial charge in [0.25, 0.3) is 11.6 Å². The summed E-state index contributed by atoms with van der Waals surface area (Å²) in [5, 5.41) is 23.5. The summed E-state index contributed by atoms with van der Waals surface area (Å²) in [6.45, 7) is 0. The summed E-state index contributed by atoms with van der Waals surface area (Å²) in [6.07, 6.45) is 0.864. The number of amides is 1. The highest BCUT2D eigenvalue weighted by atomic mass is 35.5. The minimum Gasteiger partial charge on any atom is -0.477 e. The zero-order chi connectivity index (χ0) is 15.6. The zero-order valence-electron chi connectivity index (χ0n) is 10.1. The first-order chi connectivity index (χ1) is 9.90. The first-order valence-electron chi connectivity index (χ1n) is 5.32. The Balaban J connectivity index is 2.37. The number of halogens is 1. The van der Waals surface area contributed by atoms with E-state index >= 15 is 0 Å². The van der Waals surface area contributed by atoms with Crippen LogP contribution < -0.4 is 5.32 Å². The minimum absolute atomic E-state index is 0.0553. The smallest absolute Gasteiger partial charge is 0.348 e. The number of carbonyl (C=O) groups excluding carboxylic acids is 1. The first-order valence-corrected chi connectivity index (χ1v) is 6.58. The molecule has 0 aliphatic carbocycles. The predicted octanol–water partition coefficient (Wildman–Crippen LogP) is 2.66. The van der Waals surface area contributed by atoms with E-state index in [0.717, 1.165) is 23.6 Å². The number of rotatable bonds is 4. The van der Waals surface area contributed by atoms with Gasteiger partial charge in [0.15, 0.2) is 0 Å². The maximum atomic E-state index is 12.1. The highest BCUT2D eigenvalue weighted by Gasteiger charge is 2.23. The fourth-order valence-corrected chi connectivity index (χ4v) is 2.36. The van der Waals surface area contributed by atoms with Crippen LogP contribution in [0.2, 0.25) is 5.15 Å². The van der Waals surface area contributed by atoms with Crippen molar-refractivity contribution in [3.63, 3.8) is 0 Å². The predicted molar refractivity (Wildman–Crippen MR) is 75.1 cm³/mol. The van der Waals surface area contributed by atoms with E-state index in [0.29, 0.717) is 0 Å². The van der Waals surface area contributed by atoms with E-state index in [4.69, 9.17) is 16.7 Å². The van der Waals surface area contributed by atoms with Gasteiger partial charge in [0.05, 0.1) is 10.6 Å². The molecule has 0 saturated heterocycles. The lowest BCUT2D eigenvalue weighted by molar-refractivity contribution is -0.385. The molecular formula is C11H6ClN3O5S. The first kappa shape index (κ1) is 14.9. The molecule has 2 aromatic heterocycles. The molecule has 108 valence electrons. The molecule has 10 heteroatoms. The van der Waals surface area contributed by atoms with E-state index in [1.807, 2.05) is 0 Å². The van der Waals surface area contributed by atoms with Gasteiger partial charge in [-0.3, -0.25) is 14.9 Å². The maximum Gasteiger partial charge on any atom is 0.348 e. The molecule has 0 atom stereocenters. The third-order valence-corrected chi connectivity index (χ3v) is 3.51. The van der Waals surface area contributed by atoms with Crippen LogP contribution in [0.5, 0.6) is 0 Å². The molecule has 21 heavy (non-hydrogen) atoms. The van der Waals surface area contributed by atoms with Crippen LogP contribution in [0.25, 0.3) is 0 Å². The van der Waals surface area contributed by atoms with Crippen molar-refractivity contribution in [3.8, 4) is 0 Å². The second-order valence-corrected chi connectivity index (χ2v) is 5.01. The normalized spacial score (nSPS) is 10.1. The van der Waals surface area contributed by atoms with Gasteiger partial charge < -0.3 is 10.4 Å². The van der Waals surface area contributed by atoms with Crippen molar-refractivity contribution in [1.29, 1.82) is 0 Å². The lowest BCUT2D eigenvalue weighted by atomic mass is 10.2. The number of hydrogen-bond acceptors (Lipinski definition) is 6. The lowest BCUT2D eigenvalue weighted by Crippen LogP contribution is -2.15. The summed E-state index contributed by atoms with van der Waals surface area (Å²) >= 11 is 6.55. The summed E-state index contributed by atoms with van der Waals surface area (Å²) in [6, 6.07) is 2.43. The fraction of sp³-hybridized carbons (Fsp3) is 0. The monoisotopic (exact) mass is 327 g/mol. The molecule has 8 nitrogen and oxygen atoms in total. The van der Waals surface area contributed by atoms with Gasteiger partial charge in [-0.25, -0.2) is 9.78 Å². The number of nitrogens with zero attached hydrogens (tertiary/aromatic N) is 2. The molecule has 0 aliphatic heterocycles. The largest absolute Gasteiger partial charge is 0.477 e. The van der Waals surface area contributed by atoms with E-state index in [1.54, 1.807) is 0 Å². The number of carbonyl (C=O) groups is 2. The van der Waals surface area contributed by atoms with Crippen molar-refractivity contribution in [2.75, 3.05) is 5.32 Å². The van der Waals surface area contributed by atoms with Crippen LogP contribution in [0, 0.1) is 10.1 Å². The summed E-state index contributed by atoms with van der Waals surface area (Å²) in [5.74, 6) is -2.05. The zero-order valence-corrected chi connectivity index (χ0v) is 11.6. The standard InChI is InChI=1S/C11H6ClN3O5S/c12-8-3-5(7(4-13-8)15(19)20)10(16)14-6-1-2-21-9(6)11(17)18/h1-4H,(H,14,16)(H,17,18). The number of hydrogen-bond donors (Lipinski definition) is 2. The van der Waals surface area contributed by atoms with Crippen LogP contribution in [0.15, 0.2) is 23.7 Å². The van der Waals surface area contributed by atoms with Gasteiger partial charge in [-0.05, 0) is 17.5 Å². The number of carboxylic acid groups (broad SMARTS) is 1. The molecule has 0 aliphatic rings. The highest BCUT2D eigenvalue weighted by molar-refractivity contribution is 7.12. The van der Waals surface area contributed by atoms with Gasteiger partial charge in [-0.1, -0.05) is 11.6 Å². The molecule has 1 amide bonds. The van der Waals surface area contributed by atoms with Crippen molar-refractivity contribution in [1.82, 2.24) is 4.98 Å². The SMILES string of the molecule is O=C(Nc1ccsc1C(=O)O)c1cc(Cl)ncc1[N+](=O)[O-]. The average Bonchev–Trinajstić information content (AvgIpc) is 2.86. The fourth-order valence-electron chi connectivity index (χ4n) is 1.51. The van der Waals surface area contributed by atoms with Crippen LogP contribution in [-0.4, -0.2) is 26.9 Å². The third kappa shape index (κ3) is 3.15.